The van der Waals surface area contributed by atoms with Gasteiger partial charge < -0.3 is 15.4 Å². The molecule has 1 atom stereocenters. The quantitative estimate of drug-likeness (QED) is 0.727. The summed E-state index contributed by atoms with van der Waals surface area (Å²) in [5, 5.41) is 6.12. The molecule has 1 aliphatic rings. The van der Waals surface area contributed by atoms with Crippen molar-refractivity contribution in [2.24, 2.45) is 0 Å². The summed E-state index contributed by atoms with van der Waals surface area (Å²) in [4.78, 5) is 11.6. The second-order valence-electron chi connectivity index (χ2n) is 7.02. The summed E-state index contributed by atoms with van der Waals surface area (Å²) in [6, 6.07) is 8.59. The van der Waals surface area contributed by atoms with Crippen LogP contribution in [0.25, 0.3) is 0 Å². The molecule has 1 amide bonds. The smallest absolute Gasteiger partial charge is 0.407 e. The van der Waals surface area contributed by atoms with E-state index in [1.165, 1.54) is 56.2 Å². The number of carbonyl (C=O) groups excluding carboxylic acids is 1. The van der Waals surface area contributed by atoms with E-state index in [1.807, 2.05) is 0 Å². The van der Waals surface area contributed by atoms with Crippen molar-refractivity contribution in [2.75, 3.05) is 18.9 Å². The number of carbonyl (C=O) groups is 1. The largest absolute Gasteiger partial charge is 0.446 e. The van der Waals surface area contributed by atoms with Crippen LogP contribution >= 0.6 is 0 Å². The summed E-state index contributed by atoms with van der Waals surface area (Å²) in [5.74, 6) is 0. The number of anilines is 1. The molecule has 0 aromatic heterocycles. The van der Waals surface area contributed by atoms with Crippen LogP contribution in [-0.4, -0.2) is 25.8 Å². The van der Waals surface area contributed by atoms with Crippen molar-refractivity contribution in [2.45, 2.75) is 76.7 Å². The van der Waals surface area contributed by atoms with E-state index in [0.29, 0.717) is 0 Å². The Morgan fingerprint density at radius 3 is 2.44 bits per heavy atom. The Morgan fingerprint density at radius 1 is 1.00 bits per heavy atom. The summed E-state index contributed by atoms with van der Waals surface area (Å²) in [5.41, 5.74) is 2.63. The number of para-hydroxylation sites is 1. The summed E-state index contributed by atoms with van der Waals surface area (Å²) >= 11 is 0. The summed E-state index contributed by atoms with van der Waals surface area (Å²) in [7, 11) is 1.62. The topological polar surface area (TPSA) is 50.4 Å². The SMILES string of the molecule is CNC(=O)OC1CCCCCCCCCCc2ccccc2NCC1. The molecular weight excluding hydrogens is 312 g/mol. The molecule has 0 saturated heterocycles. The lowest BCUT2D eigenvalue weighted by molar-refractivity contribution is 0.0895. The Labute approximate surface area is 152 Å². The van der Waals surface area contributed by atoms with Gasteiger partial charge in [-0.25, -0.2) is 4.79 Å². The molecule has 0 bridgehead atoms. The molecule has 0 fully saturated rings. The van der Waals surface area contributed by atoms with Crippen LogP contribution in [0.3, 0.4) is 0 Å². The molecule has 4 nitrogen and oxygen atoms in total. The predicted molar refractivity (Wildman–Crippen MR) is 104 cm³/mol. The van der Waals surface area contributed by atoms with Crippen LogP contribution in [0.2, 0.25) is 0 Å². The third kappa shape index (κ3) is 7.80. The Balaban J connectivity index is 1.95. The van der Waals surface area contributed by atoms with Gasteiger partial charge in [0.1, 0.15) is 6.10 Å². The van der Waals surface area contributed by atoms with Gasteiger partial charge in [0.2, 0.25) is 0 Å². The maximum atomic E-state index is 11.6. The molecule has 1 aromatic rings. The lowest BCUT2D eigenvalue weighted by atomic mass is 10.0. The van der Waals surface area contributed by atoms with Crippen molar-refractivity contribution in [1.82, 2.24) is 5.32 Å². The molecule has 0 aliphatic carbocycles. The first-order valence-electron chi connectivity index (χ1n) is 9.99. The van der Waals surface area contributed by atoms with Crippen molar-refractivity contribution < 1.29 is 9.53 Å². The lowest BCUT2D eigenvalue weighted by Crippen LogP contribution is -2.27. The van der Waals surface area contributed by atoms with Gasteiger partial charge >= 0.3 is 6.09 Å². The molecule has 0 spiro atoms. The molecule has 1 heterocycles. The minimum Gasteiger partial charge on any atom is -0.446 e. The Bertz CT molecular complexity index is 504. The third-order valence-corrected chi connectivity index (χ3v) is 5.00. The summed E-state index contributed by atoms with van der Waals surface area (Å²) < 4.78 is 5.54. The summed E-state index contributed by atoms with van der Waals surface area (Å²) in [6.45, 7) is 0.832. The number of hydrogen-bond donors (Lipinski definition) is 2. The number of nitrogens with one attached hydrogen (secondary N) is 2. The molecule has 2 N–H and O–H groups in total. The molecule has 0 saturated carbocycles. The maximum Gasteiger partial charge on any atom is 0.407 e. The van der Waals surface area contributed by atoms with Gasteiger partial charge in [-0.3, -0.25) is 0 Å². The van der Waals surface area contributed by atoms with Crippen LogP contribution in [-0.2, 0) is 11.2 Å². The van der Waals surface area contributed by atoms with Gasteiger partial charge in [0.05, 0.1) is 0 Å². The van der Waals surface area contributed by atoms with Crippen LogP contribution in [0, 0.1) is 0 Å². The van der Waals surface area contributed by atoms with E-state index in [0.717, 1.165) is 32.2 Å². The fourth-order valence-corrected chi connectivity index (χ4v) is 3.50. The average Bonchev–Trinajstić information content (AvgIpc) is 2.63. The van der Waals surface area contributed by atoms with E-state index in [2.05, 4.69) is 34.9 Å². The standard InChI is InChI=1S/C21H34N2O2/c1-22-21(24)25-19-14-9-7-5-3-2-4-6-8-12-18-13-10-11-15-20(18)23-17-16-19/h10-11,13,15,19,23H,2-9,12,14,16-17H2,1H3,(H,22,24). The molecule has 25 heavy (non-hydrogen) atoms. The second-order valence-corrected chi connectivity index (χ2v) is 7.02. The fourth-order valence-electron chi connectivity index (χ4n) is 3.50. The zero-order chi connectivity index (χ0) is 17.7. The van der Waals surface area contributed by atoms with Gasteiger partial charge in [0.25, 0.3) is 0 Å². The molecule has 0 radical (unpaired) electrons. The molecule has 1 unspecified atom stereocenters. The van der Waals surface area contributed by atoms with Crippen molar-refractivity contribution in [3.63, 3.8) is 0 Å². The molecule has 140 valence electrons. The Kier molecular flexibility index (Phi) is 9.24. The first-order chi connectivity index (χ1) is 12.3. The van der Waals surface area contributed by atoms with E-state index in [4.69, 9.17) is 4.74 Å². The van der Waals surface area contributed by atoms with Gasteiger partial charge in [-0.15, -0.1) is 0 Å². The zero-order valence-electron chi connectivity index (χ0n) is 15.7. The number of aryl methyl sites for hydroxylation is 1. The minimum absolute atomic E-state index is 0.00693. The predicted octanol–water partition coefficient (Wildman–Crippen LogP) is 5.28. The van der Waals surface area contributed by atoms with E-state index >= 15 is 0 Å². The highest BCUT2D eigenvalue weighted by Crippen LogP contribution is 2.20. The number of hydrogen-bond acceptors (Lipinski definition) is 3. The third-order valence-electron chi connectivity index (χ3n) is 5.00. The van der Waals surface area contributed by atoms with Crippen LogP contribution in [0.1, 0.15) is 69.8 Å². The maximum absolute atomic E-state index is 11.6. The average molecular weight is 347 g/mol. The Morgan fingerprint density at radius 2 is 1.68 bits per heavy atom. The van der Waals surface area contributed by atoms with Crippen LogP contribution < -0.4 is 10.6 Å². The van der Waals surface area contributed by atoms with Crippen molar-refractivity contribution in [3.05, 3.63) is 29.8 Å². The van der Waals surface area contributed by atoms with Crippen LogP contribution in [0.4, 0.5) is 10.5 Å². The normalized spacial score (nSPS) is 20.8. The molecule has 1 aliphatic heterocycles. The van der Waals surface area contributed by atoms with Crippen LogP contribution in [0.5, 0.6) is 0 Å². The highest BCUT2D eigenvalue weighted by atomic mass is 16.6. The Hall–Kier alpha value is -1.71. The fraction of sp³-hybridized carbons (Fsp3) is 0.667. The van der Waals surface area contributed by atoms with Gasteiger partial charge in [-0.1, -0.05) is 56.7 Å². The number of alkyl carbamates (subject to hydrolysis) is 1. The van der Waals surface area contributed by atoms with Gasteiger partial charge in [0, 0.05) is 25.7 Å². The number of amides is 1. The van der Waals surface area contributed by atoms with Gasteiger partial charge in [0.15, 0.2) is 0 Å². The monoisotopic (exact) mass is 346 g/mol. The van der Waals surface area contributed by atoms with Crippen molar-refractivity contribution in [1.29, 1.82) is 0 Å². The van der Waals surface area contributed by atoms with Crippen LogP contribution in [0.15, 0.2) is 24.3 Å². The second kappa shape index (κ2) is 11.8. The first kappa shape index (κ1) is 19.6. The molecule has 4 heteroatoms. The van der Waals surface area contributed by atoms with E-state index in [1.54, 1.807) is 7.05 Å². The van der Waals surface area contributed by atoms with Crippen molar-refractivity contribution in [3.8, 4) is 0 Å². The first-order valence-corrected chi connectivity index (χ1v) is 9.99. The molecule has 1 aromatic carbocycles. The zero-order valence-corrected chi connectivity index (χ0v) is 15.7. The van der Waals surface area contributed by atoms with Gasteiger partial charge in [-0.05, 0) is 37.3 Å². The van der Waals surface area contributed by atoms with Crippen molar-refractivity contribution >= 4 is 11.8 Å². The molecular formula is C21H34N2O2. The number of ether oxygens (including phenoxy) is 1. The van der Waals surface area contributed by atoms with Gasteiger partial charge in [-0.2, -0.15) is 0 Å². The number of rotatable bonds is 1. The highest BCUT2D eigenvalue weighted by molar-refractivity contribution is 5.66. The highest BCUT2D eigenvalue weighted by Gasteiger charge is 2.13. The molecule has 2 rings (SSSR count). The van der Waals surface area contributed by atoms with E-state index in [-0.39, 0.29) is 12.2 Å². The number of fused-ring (bicyclic) bond motifs is 1. The summed E-state index contributed by atoms with van der Waals surface area (Å²) in [6.07, 6.45) is 12.9. The number of benzene rings is 1. The minimum atomic E-state index is -0.320. The van der Waals surface area contributed by atoms with E-state index in [9.17, 15) is 4.79 Å². The lowest BCUT2D eigenvalue weighted by Gasteiger charge is -2.19. The van der Waals surface area contributed by atoms with E-state index < -0.39 is 0 Å².